The fourth-order valence-electron chi connectivity index (χ4n) is 1.68. The molecule has 0 aliphatic rings. The molecule has 0 saturated carbocycles. The van der Waals surface area contributed by atoms with E-state index in [0.717, 1.165) is 5.76 Å². The van der Waals surface area contributed by atoms with Crippen molar-refractivity contribution in [1.29, 1.82) is 0 Å². The second-order valence-electron chi connectivity index (χ2n) is 4.61. The molecule has 2 heterocycles. The highest BCUT2D eigenvalue weighted by Crippen LogP contribution is 2.16. The summed E-state index contributed by atoms with van der Waals surface area (Å²) in [5.41, 5.74) is 0. The van der Waals surface area contributed by atoms with Crippen LogP contribution in [0.3, 0.4) is 0 Å². The molecule has 1 amide bonds. The van der Waals surface area contributed by atoms with E-state index in [-0.39, 0.29) is 11.9 Å². The van der Waals surface area contributed by atoms with Crippen LogP contribution in [0.25, 0.3) is 0 Å². The quantitative estimate of drug-likeness (QED) is 0.905. The van der Waals surface area contributed by atoms with E-state index < -0.39 is 0 Å². The van der Waals surface area contributed by atoms with Gasteiger partial charge in [0.25, 0.3) is 0 Å². The number of aromatic nitrogens is 1. The maximum atomic E-state index is 12.1. The summed E-state index contributed by atoms with van der Waals surface area (Å²) in [6.45, 7) is 4.13. The minimum atomic E-state index is -0.323. The van der Waals surface area contributed by atoms with Crippen molar-refractivity contribution in [3.05, 3.63) is 34.4 Å². The number of carbonyl (C=O) groups excluding carboxylic acids is 1. The van der Waals surface area contributed by atoms with E-state index in [0.29, 0.717) is 22.8 Å². The molecule has 0 saturated heterocycles. The third-order valence-electron chi connectivity index (χ3n) is 2.95. The Morgan fingerprint density at radius 2 is 2.30 bits per heavy atom. The summed E-state index contributed by atoms with van der Waals surface area (Å²) in [6.07, 6.45) is 0. The highest BCUT2D eigenvalue weighted by atomic mass is 79.9. The number of nitrogens with zero attached hydrogens (tertiary/aromatic N) is 2. The predicted molar refractivity (Wildman–Crippen MR) is 77.2 cm³/mol. The van der Waals surface area contributed by atoms with Gasteiger partial charge in [-0.3, -0.25) is 9.69 Å². The van der Waals surface area contributed by atoms with Crippen LogP contribution in [0, 0.1) is 6.92 Å². The Balaban J connectivity index is 1.92. The number of likely N-dealkylation sites (N-methyl/N-ethyl adjacent to an activating group) is 1. The van der Waals surface area contributed by atoms with E-state index in [1.165, 1.54) is 0 Å². The molecule has 0 aromatic carbocycles. The highest BCUT2D eigenvalue weighted by Gasteiger charge is 2.20. The van der Waals surface area contributed by atoms with Gasteiger partial charge >= 0.3 is 0 Å². The van der Waals surface area contributed by atoms with Crippen LogP contribution in [0.1, 0.15) is 18.4 Å². The SMILES string of the molecule is Cc1cc(NC(=O)[C@H](C)N(C)Cc2ccc(Br)o2)no1. The van der Waals surface area contributed by atoms with E-state index >= 15 is 0 Å². The Bertz CT molecular complexity index is 593. The third kappa shape index (κ3) is 3.71. The lowest BCUT2D eigenvalue weighted by atomic mass is 10.2. The largest absolute Gasteiger partial charge is 0.453 e. The zero-order chi connectivity index (χ0) is 14.7. The Hall–Kier alpha value is -1.60. The molecule has 0 fully saturated rings. The number of aryl methyl sites for hydroxylation is 1. The van der Waals surface area contributed by atoms with Crippen LogP contribution in [0.4, 0.5) is 5.82 Å². The van der Waals surface area contributed by atoms with Crippen LogP contribution in [-0.2, 0) is 11.3 Å². The number of rotatable bonds is 5. The monoisotopic (exact) mass is 341 g/mol. The van der Waals surface area contributed by atoms with Gasteiger partial charge in [-0.1, -0.05) is 5.16 Å². The number of nitrogens with one attached hydrogen (secondary N) is 1. The van der Waals surface area contributed by atoms with Crippen molar-refractivity contribution in [2.75, 3.05) is 12.4 Å². The molecule has 0 aliphatic heterocycles. The van der Waals surface area contributed by atoms with Gasteiger partial charge in [0.1, 0.15) is 11.5 Å². The van der Waals surface area contributed by atoms with Gasteiger partial charge in [0.2, 0.25) is 5.91 Å². The van der Waals surface area contributed by atoms with Gasteiger partial charge in [0.15, 0.2) is 10.5 Å². The molecule has 0 aliphatic carbocycles. The molecule has 0 spiro atoms. The molecular formula is C13H16BrN3O3. The van der Waals surface area contributed by atoms with Crippen LogP contribution in [0.15, 0.2) is 31.8 Å². The van der Waals surface area contributed by atoms with Gasteiger partial charge < -0.3 is 14.3 Å². The van der Waals surface area contributed by atoms with Gasteiger partial charge in [0, 0.05) is 6.07 Å². The first-order chi connectivity index (χ1) is 9.45. The first-order valence-corrected chi connectivity index (χ1v) is 6.93. The summed E-state index contributed by atoms with van der Waals surface area (Å²) in [5, 5.41) is 6.44. The summed E-state index contributed by atoms with van der Waals surface area (Å²) in [4.78, 5) is 14.0. The minimum Gasteiger partial charge on any atom is -0.453 e. The standard InChI is InChI=1S/C13H16BrN3O3/c1-8-6-12(16-20-8)15-13(18)9(2)17(3)7-10-4-5-11(14)19-10/h4-6,9H,7H2,1-3H3,(H,15,16,18)/t9-/m0/s1. The molecule has 1 N–H and O–H groups in total. The van der Waals surface area contributed by atoms with E-state index in [4.69, 9.17) is 8.94 Å². The Kier molecular flexibility index (Phi) is 4.61. The van der Waals surface area contributed by atoms with Gasteiger partial charge in [-0.05, 0) is 49.0 Å². The molecule has 20 heavy (non-hydrogen) atoms. The van der Waals surface area contributed by atoms with Crippen LogP contribution >= 0.6 is 15.9 Å². The number of carbonyl (C=O) groups is 1. The van der Waals surface area contributed by atoms with E-state index in [9.17, 15) is 4.79 Å². The molecule has 2 rings (SSSR count). The van der Waals surface area contributed by atoms with Gasteiger partial charge in [-0.2, -0.15) is 0 Å². The van der Waals surface area contributed by atoms with Crippen LogP contribution in [0.2, 0.25) is 0 Å². The normalized spacial score (nSPS) is 12.7. The lowest BCUT2D eigenvalue weighted by Crippen LogP contribution is -2.39. The molecule has 7 heteroatoms. The fourth-order valence-corrected chi connectivity index (χ4v) is 2.02. The molecule has 2 aromatic rings. The van der Waals surface area contributed by atoms with Crippen LogP contribution in [-0.4, -0.2) is 29.1 Å². The summed E-state index contributed by atoms with van der Waals surface area (Å²) < 4.78 is 11.0. The van der Waals surface area contributed by atoms with E-state index in [1.54, 1.807) is 13.0 Å². The summed E-state index contributed by atoms with van der Waals surface area (Å²) in [7, 11) is 1.86. The minimum absolute atomic E-state index is 0.147. The molecule has 6 nitrogen and oxygen atoms in total. The van der Waals surface area contributed by atoms with Crippen LogP contribution < -0.4 is 5.32 Å². The van der Waals surface area contributed by atoms with Crippen molar-refractivity contribution < 1.29 is 13.7 Å². The van der Waals surface area contributed by atoms with Crippen LogP contribution in [0.5, 0.6) is 0 Å². The Morgan fingerprint density at radius 3 is 2.85 bits per heavy atom. The van der Waals surface area contributed by atoms with Crippen molar-refractivity contribution in [2.45, 2.75) is 26.4 Å². The maximum absolute atomic E-state index is 12.1. The number of hydrogen-bond acceptors (Lipinski definition) is 5. The van der Waals surface area contributed by atoms with Gasteiger partial charge in [-0.15, -0.1) is 0 Å². The van der Waals surface area contributed by atoms with Gasteiger partial charge in [-0.25, -0.2) is 0 Å². The van der Waals surface area contributed by atoms with Crippen molar-refractivity contribution in [2.24, 2.45) is 0 Å². The molecule has 0 unspecified atom stereocenters. The summed E-state index contributed by atoms with van der Waals surface area (Å²) in [6, 6.07) is 5.04. The van der Waals surface area contributed by atoms with Crippen molar-refractivity contribution >= 4 is 27.7 Å². The summed E-state index contributed by atoms with van der Waals surface area (Å²) >= 11 is 3.25. The first kappa shape index (κ1) is 14.8. The van der Waals surface area contributed by atoms with Crippen molar-refractivity contribution in [3.8, 4) is 0 Å². The van der Waals surface area contributed by atoms with Gasteiger partial charge in [0.05, 0.1) is 12.6 Å². The van der Waals surface area contributed by atoms with Crippen molar-refractivity contribution in [3.63, 3.8) is 0 Å². The number of halogens is 1. The molecule has 1 atom stereocenters. The highest BCUT2D eigenvalue weighted by molar-refractivity contribution is 9.10. The number of furan rings is 1. The number of amides is 1. The topological polar surface area (TPSA) is 71.5 Å². The molecular weight excluding hydrogens is 326 g/mol. The predicted octanol–water partition coefficient (Wildman–Crippen LogP) is 2.80. The Labute approximate surface area is 125 Å². The number of anilines is 1. The second kappa shape index (κ2) is 6.23. The molecule has 0 radical (unpaired) electrons. The zero-order valence-corrected chi connectivity index (χ0v) is 13.1. The third-order valence-corrected chi connectivity index (χ3v) is 3.38. The average Bonchev–Trinajstić information content (AvgIpc) is 2.97. The molecule has 108 valence electrons. The van der Waals surface area contributed by atoms with E-state index in [2.05, 4.69) is 26.4 Å². The molecule has 0 bridgehead atoms. The summed E-state index contributed by atoms with van der Waals surface area (Å²) in [5.74, 6) is 1.72. The lowest BCUT2D eigenvalue weighted by molar-refractivity contribution is -0.120. The Morgan fingerprint density at radius 1 is 1.55 bits per heavy atom. The van der Waals surface area contributed by atoms with Crippen molar-refractivity contribution in [1.82, 2.24) is 10.1 Å². The average molecular weight is 342 g/mol. The maximum Gasteiger partial charge on any atom is 0.242 e. The first-order valence-electron chi connectivity index (χ1n) is 6.14. The fraction of sp³-hybridized carbons (Fsp3) is 0.385. The lowest BCUT2D eigenvalue weighted by Gasteiger charge is -2.22. The second-order valence-corrected chi connectivity index (χ2v) is 5.39. The zero-order valence-electron chi connectivity index (χ0n) is 11.5. The smallest absolute Gasteiger partial charge is 0.242 e. The van der Waals surface area contributed by atoms with E-state index in [1.807, 2.05) is 31.0 Å². The molecule has 2 aromatic heterocycles. The number of hydrogen-bond donors (Lipinski definition) is 1.